The highest BCUT2D eigenvalue weighted by Gasteiger charge is 2.20. The first-order valence-electron chi connectivity index (χ1n) is 8.98. The van der Waals surface area contributed by atoms with Crippen LogP contribution in [-0.2, 0) is 0 Å². The Morgan fingerprint density at radius 2 is 1.61 bits per heavy atom. The molecule has 0 aliphatic rings. The van der Waals surface area contributed by atoms with Crippen LogP contribution in [0.3, 0.4) is 0 Å². The van der Waals surface area contributed by atoms with Crippen LogP contribution in [-0.4, -0.2) is 41.2 Å². The van der Waals surface area contributed by atoms with E-state index in [4.69, 9.17) is 19.9 Å². The second-order valence-corrected chi connectivity index (χ2v) is 6.47. The molecule has 0 saturated carbocycles. The van der Waals surface area contributed by atoms with Crippen molar-refractivity contribution in [2.45, 2.75) is 13.3 Å². The molecule has 0 bridgehead atoms. The van der Waals surface area contributed by atoms with Gasteiger partial charge in [-0.25, -0.2) is 0 Å². The number of carbonyl (C=O) groups is 1. The molecule has 0 aromatic heterocycles. The molecule has 0 amide bonds. The number of rotatable bonds is 8. The van der Waals surface area contributed by atoms with Crippen LogP contribution in [0.4, 0.5) is 11.4 Å². The Hall–Kier alpha value is -3.15. The Morgan fingerprint density at radius 1 is 1.00 bits per heavy atom. The van der Waals surface area contributed by atoms with Crippen molar-refractivity contribution in [3.8, 4) is 17.2 Å². The standard InChI is InChI=1S/C22H28N2O4/c1-7-15(10-14-8-9-17(23)18(11-14)24(2)3)22(25)16-12-20(27-5)21(28-6)13-19(16)26-4/h8-13H,7,23H2,1-6H3. The predicted octanol–water partition coefficient (Wildman–Crippen LogP) is 4.04. The van der Waals surface area contributed by atoms with E-state index in [0.717, 1.165) is 11.3 Å². The third kappa shape index (κ3) is 4.39. The summed E-state index contributed by atoms with van der Waals surface area (Å²) in [4.78, 5) is 15.2. The molecule has 0 aliphatic carbocycles. The Bertz CT molecular complexity index is 888. The number of anilines is 2. The van der Waals surface area contributed by atoms with E-state index in [1.54, 1.807) is 19.2 Å². The minimum Gasteiger partial charge on any atom is -0.496 e. The number of hydrogen-bond acceptors (Lipinski definition) is 6. The van der Waals surface area contributed by atoms with Crippen molar-refractivity contribution in [1.29, 1.82) is 0 Å². The molecule has 2 aromatic carbocycles. The number of hydrogen-bond donors (Lipinski definition) is 1. The minimum absolute atomic E-state index is 0.122. The van der Waals surface area contributed by atoms with Gasteiger partial charge in [0.05, 0.1) is 38.3 Å². The monoisotopic (exact) mass is 384 g/mol. The first-order valence-corrected chi connectivity index (χ1v) is 8.98. The van der Waals surface area contributed by atoms with E-state index in [1.807, 2.05) is 50.2 Å². The largest absolute Gasteiger partial charge is 0.496 e. The van der Waals surface area contributed by atoms with Crippen LogP contribution in [0.2, 0.25) is 0 Å². The van der Waals surface area contributed by atoms with Crippen LogP contribution in [0.25, 0.3) is 6.08 Å². The summed E-state index contributed by atoms with van der Waals surface area (Å²) in [5.41, 5.74) is 9.61. The molecule has 0 saturated heterocycles. The Morgan fingerprint density at radius 3 is 2.14 bits per heavy atom. The lowest BCUT2D eigenvalue weighted by molar-refractivity contribution is 0.102. The molecule has 6 nitrogen and oxygen atoms in total. The zero-order valence-corrected chi connectivity index (χ0v) is 17.3. The molecule has 2 aromatic rings. The maximum Gasteiger partial charge on any atom is 0.192 e. The molecule has 0 spiro atoms. The van der Waals surface area contributed by atoms with Crippen LogP contribution in [0.5, 0.6) is 17.2 Å². The quantitative estimate of drug-likeness (QED) is 0.421. The van der Waals surface area contributed by atoms with Crippen LogP contribution in [0.15, 0.2) is 35.9 Å². The number of Topliss-reactive ketones (excluding diaryl/α,β-unsaturated/α-hetero) is 1. The summed E-state index contributed by atoms with van der Waals surface area (Å²) in [6.07, 6.45) is 2.45. The highest BCUT2D eigenvalue weighted by atomic mass is 16.5. The normalized spacial score (nSPS) is 11.1. The summed E-state index contributed by atoms with van der Waals surface area (Å²) in [5.74, 6) is 1.30. The lowest BCUT2D eigenvalue weighted by Crippen LogP contribution is -2.11. The molecule has 0 fully saturated rings. The zero-order chi connectivity index (χ0) is 20.8. The van der Waals surface area contributed by atoms with E-state index in [1.165, 1.54) is 14.2 Å². The maximum absolute atomic E-state index is 13.2. The smallest absolute Gasteiger partial charge is 0.192 e. The number of nitrogens with two attached hydrogens (primary N) is 1. The predicted molar refractivity (Wildman–Crippen MR) is 114 cm³/mol. The molecular weight excluding hydrogens is 356 g/mol. The van der Waals surface area contributed by atoms with Gasteiger partial charge in [0.25, 0.3) is 0 Å². The van der Waals surface area contributed by atoms with Crippen LogP contribution in [0.1, 0.15) is 29.3 Å². The number of nitrogens with zero attached hydrogens (tertiary/aromatic N) is 1. The van der Waals surface area contributed by atoms with E-state index in [-0.39, 0.29) is 5.78 Å². The van der Waals surface area contributed by atoms with Crippen molar-refractivity contribution in [2.24, 2.45) is 0 Å². The third-order valence-electron chi connectivity index (χ3n) is 4.50. The van der Waals surface area contributed by atoms with Crippen molar-refractivity contribution in [3.05, 3.63) is 47.0 Å². The lowest BCUT2D eigenvalue weighted by atomic mass is 9.97. The number of allylic oxidation sites excluding steroid dienone is 1. The Kier molecular flexibility index (Phi) is 6.93. The van der Waals surface area contributed by atoms with E-state index in [2.05, 4.69) is 0 Å². The Labute approximate surface area is 166 Å². The molecule has 150 valence electrons. The topological polar surface area (TPSA) is 74.0 Å². The third-order valence-corrected chi connectivity index (χ3v) is 4.50. The minimum atomic E-state index is -0.122. The van der Waals surface area contributed by atoms with Gasteiger partial charge < -0.3 is 24.8 Å². The average Bonchev–Trinajstić information content (AvgIpc) is 2.71. The van der Waals surface area contributed by atoms with Crippen molar-refractivity contribution >= 4 is 23.2 Å². The fraction of sp³-hybridized carbons (Fsp3) is 0.318. The molecule has 0 heterocycles. The van der Waals surface area contributed by atoms with Crippen molar-refractivity contribution in [2.75, 3.05) is 46.1 Å². The molecular formula is C22H28N2O4. The number of ether oxygens (including phenoxy) is 3. The number of methoxy groups -OCH3 is 3. The van der Waals surface area contributed by atoms with Gasteiger partial charge in [-0.2, -0.15) is 0 Å². The molecule has 2 rings (SSSR count). The van der Waals surface area contributed by atoms with Crippen molar-refractivity contribution in [1.82, 2.24) is 0 Å². The van der Waals surface area contributed by atoms with Gasteiger partial charge in [0.15, 0.2) is 17.3 Å². The first kappa shape index (κ1) is 21.2. The Balaban J connectivity index is 2.51. The molecule has 2 N–H and O–H groups in total. The molecule has 0 atom stereocenters. The number of carbonyl (C=O) groups excluding carboxylic acids is 1. The highest BCUT2D eigenvalue weighted by molar-refractivity contribution is 6.13. The molecule has 0 aliphatic heterocycles. The number of ketones is 1. The summed E-state index contributed by atoms with van der Waals surface area (Å²) in [6, 6.07) is 9.02. The van der Waals surface area contributed by atoms with Crippen molar-refractivity contribution in [3.63, 3.8) is 0 Å². The van der Waals surface area contributed by atoms with Crippen LogP contribution >= 0.6 is 0 Å². The fourth-order valence-corrected chi connectivity index (χ4v) is 2.95. The van der Waals surface area contributed by atoms with E-state index in [0.29, 0.717) is 40.5 Å². The van der Waals surface area contributed by atoms with Gasteiger partial charge in [0.2, 0.25) is 0 Å². The van der Waals surface area contributed by atoms with Gasteiger partial charge in [-0.3, -0.25) is 4.79 Å². The molecule has 28 heavy (non-hydrogen) atoms. The summed E-state index contributed by atoms with van der Waals surface area (Å²) in [5, 5.41) is 0. The lowest BCUT2D eigenvalue weighted by Gasteiger charge is -2.16. The average molecular weight is 384 g/mol. The maximum atomic E-state index is 13.2. The van der Waals surface area contributed by atoms with Crippen LogP contribution in [0, 0.1) is 0 Å². The molecule has 6 heteroatoms. The van der Waals surface area contributed by atoms with E-state index < -0.39 is 0 Å². The second kappa shape index (κ2) is 9.17. The second-order valence-electron chi connectivity index (χ2n) is 6.47. The highest BCUT2D eigenvalue weighted by Crippen LogP contribution is 2.36. The van der Waals surface area contributed by atoms with Gasteiger partial charge in [-0.05, 0) is 36.3 Å². The van der Waals surface area contributed by atoms with Gasteiger partial charge >= 0.3 is 0 Å². The van der Waals surface area contributed by atoms with Gasteiger partial charge in [0.1, 0.15) is 5.75 Å². The summed E-state index contributed by atoms with van der Waals surface area (Å²) in [7, 11) is 8.46. The van der Waals surface area contributed by atoms with Gasteiger partial charge in [-0.1, -0.05) is 13.0 Å². The van der Waals surface area contributed by atoms with Crippen LogP contribution < -0.4 is 24.8 Å². The summed E-state index contributed by atoms with van der Waals surface area (Å²) in [6.45, 7) is 1.95. The molecule has 0 radical (unpaired) electrons. The first-order chi connectivity index (χ1) is 13.4. The van der Waals surface area contributed by atoms with E-state index >= 15 is 0 Å². The van der Waals surface area contributed by atoms with Gasteiger partial charge in [0, 0.05) is 25.7 Å². The van der Waals surface area contributed by atoms with E-state index in [9.17, 15) is 4.79 Å². The van der Waals surface area contributed by atoms with Gasteiger partial charge in [-0.15, -0.1) is 0 Å². The number of benzene rings is 2. The summed E-state index contributed by atoms with van der Waals surface area (Å²) >= 11 is 0. The molecule has 0 unspecified atom stereocenters. The SMILES string of the molecule is CCC(=Cc1ccc(N)c(N(C)C)c1)C(=O)c1cc(OC)c(OC)cc1OC. The fourth-order valence-electron chi connectivity index (χ4n) is 2.95. The van der Waals surface area contributed by atoms with Crippen molar-refractivity contribution < 1.29 is 19.0 Å². The number of nitrogen functional groups attached to an aromatic ring is 1. The summed E-state index contributed by atoms with van der Waals surface area (Å²) < 4.78 is 16.0. The zero-order valence-electron chi connectivity index (χ0n) is 17.3.